The number of rotatable bonds is 5. The van der Waals surface area contributed by atoms with Crippen LogP contribution in [0.15, 0.2) is 23.6 Å². The fourth-order valence-electron chi connectivity index (χ4n) is 2.74. The van der Waals surface area contributed by atoms with E-state index in [2.05, 4.69) is 4.98 Å². The molecule has 0 saturated heterocycles. The standard InChI is InChI=1S/C18H20N2O4S/c1-4-15-18(22)20(9-17(21)23-5-2)14-8-12(6-7-16(14)24-15)13-10-25-11(3)19-13/h6-8,10,15H,4-5,9H2,1-3H3. The van der Waals surface area contributed by atoms with Crippen LogP contribution < -0.4 is 9.64 Å². The molecule has 0 bridgehead atoms. The lowest BCUT2D eigenvalue weighted by Crippen LogP contribution is -2.48. The summed E-state index contributed by atoms with van der Waals surface area (Å²) in [6, 6.07) is 5.58. The van der Waals surface area contributed by atoms with Gasteiger partial charge in [0.05, 0.1) is 23.0 Å². The summed E-state index contributed by atoms with van der Waals surface area (Å²) in [4.78, 5) is 30.6. The van der Waals surface area contributed by atoms with Gasteiger partial charge in [-0.2, -0.15) is 0 Å². The fourth-order valence-corrected chi connectivity index (χ4v) is 3.36. The molecule has 7 heteroatoms. The van der Waals surface area contributed by atoms with Gasteiger partial charge in [0, 0.05) is 10.9 Å². The molecule has 132 valence electrons. The Morgan fingerprint density at radius 3 is 2.84 bits per heavy atom. The van der Waals surface area contributed by atoms with Gasteiger partial charge in [0.15, 0.2) is 6.10 Å². The maximum Gasteiger partial charge on any atom is 0.326 e. The summed E-state index contributed by atoms with van der Waals surface area (Å²) >= 11 is 1.56. The SMILES string of the molecule is CCOC(=O)CN1C(=O)C(CC)Oc2ccc(-c3csc(C)n3)cc21. The van der Waals surface area contributed by atoms with Crippen LogP contribution in [0, 0.1) is 6.92 Å². The summed E-state index contributed by atoms with van der Waals surface area (Å²) in [5.74, 6) is -0.0745. The topological polar surface area (TPSA) is 68.7 Å². The molecule has 1 aliphatic rings. The number of nitrogens with zero attached hydrogens (tertiary/aromatic N) is 2. The fraction of sp³-hybridized carbons (Fsp3) is 0.389. The summed E-state index contributed by atoms with van der Waals surface area (Å²) in [6.45, 7) is 5.71. The van der Waals surface area contributed by atoms with Gasteiger partial charge in [-0.3, -0.25) is 14.5 Å². The van der Waals surface area contributed by atoms with Crippen molar-refractivity contribution < 1.29 is 19.1 Å². The van der Waals surface area contributed by atoms with Crippen LogP contribution in [0.25, 0.3) is 11.3 Å². The summed E-state index contributed by atoms with van der Waals surface area (Å²) in [5, 5.41) is 2.93. The number of amides is 1. The molecule has 2 aromatic rings. The quantitative estimate of drug-likeness (QED) is 0.766. The van der Waals surface area contributed by atoms with Crippen molar-refractivity contribution in [1.29, 1.82) is 0 Å². The lowest BCUT2D eigenvalue weighted by Gasteiger charge is -2.33. The molecular weight excluding hydrogens is 340 g/mol. The zero-order valence-corrected chi connectivity index (χ0v) is 15.3. The number of ether oxygens (including phenoxy) is 2. The van der Waals surface area contributed by atoms with Gasteiger partial charge in [-0.25, -0.2) is 4.98 Å². The smallest absolute Gasteiger partial charge is 0.326 e. The van der Waals surface area contributed by atoms with E-state index in [0.717, 1.165) is 16.3 Å². The van der Waals surface area contributed by atoms with E-state index >= 15 is 0 Å². The van der Waals surface area contributed by atoms with E-state index in [9.17, 15) is 9.59 Å². The van der Waals surface area contributed by atoms with Gasteiger partial charge in [-0.15, -0.1) is 11.3 Å². The van der Waals surface area contributed by atoms with E-state index in [1.807, 2.05) is 37.4 Å². The summed E-state index contributed by atoms with van der Waals surface area (Å²) in [5.41, 5.74) is 2.29. The number of aryl methyl sites for hydroxylation is 1. The molecule has 6 nitrogen and oxygen atoms in total. The lowest BCUT2D eigenvalue weighted by atomic mass is 10.1. The molecule has 0 saturated carbocycles. The number of esters is 1. The largest absolute Gasteiger partial charge is 0.478 e. The average Bonchev–Trinajstić information content (AvgIpc) is 3.03. The number of carbonyl (C=O) groups excluding carboxylic acids is 2. The molecule has 0 radical (unpaired) electrons. The monoisotopic (exact) mass is 360 g/mol. The predicted octanol–water partition coefficient (Wildman–Crippen LogP) is 3.19. The van der Waals surface area contributed by atoms with E-state index in [0.29, 0.717) is 17.9 Å². The van der Waals surface area contributed by atoms with Gasteiger partial charge in [-0.1, -0.05) is 6.92 Å². The van der Waals surface area contributed by atoms with Crippen molar-refractivity contribution in [1.82, 2.24) is 4.98 Å². The minimum Gasteiger partial charge on any atom is -0.478 e. The Morgan fingerprint density at radius 1 is 1.40 bits per heavy atom. The number of anilines is 1. The highest BCUT2D eigenvalue weighted by molar-refractivity contribution is 7.09. The number of hydrogen-bond acceptors (Lipinski definition) is 6. The first-order chi connectivity index (χ1) is 12.0. The number of fused-ring (bicyclic) bond motifs is 1. The van der Waals surface area contributed by atoms with Gasteiger partial charge in [0.2, 0.25) is 0 Å². The molecule has 1 unspecified atom stereocenters. The molecular formula is C18H20N2O4S. The number of benzene rings is 1. The Hall–Kier alpha value is -2.41. The Bertz CT molecular complexity index is 802. The van der Waals surface area contributed by atoms with Gasteiger partial charge in [0.1, 0.15) is 12.3 Å². The second-order valence-corrected chi connectivity index (χ2v) is 6.74. The van der Waals surface area contributed by atoms with Crippen LogP contribution in [-0.2, 0) is 14.3 Å². The molecule has 1 aromatic heterocycles. The average molecular weight is 360 g/mol. The Morgan fingerprint density at radius 2 is 2.20 bits per heavy atom. The van der Waals surface area contributed by atoms with Crippen molar-refractivity contribution in [3.63, 3.8) is 0 Å². The van der Waals surface area contributed by atoms with Crippen LogP contribution in [0.5, 0.6) is 5.75 Å². The molecule has 3 rings (SSSR count). The van der Waals surface area contributed by atoms with Gasteiger partial charge in [-0.05, 0) is 38.5 Å². The molecule has 0 fully saturated rings. The Balaban J connectivity index is 2.00. The van der Waals surface area contributed by atoms with Crippen LogP contribution in [0.1, 0.15) is 25.3 Å². The van der Waals surface area contributed by atoms with Crippen molar-refractivity contribution in [2.24, 2.45) is 0 Å². The molecule has 0 aliphatic carbocycles. The second kappa shape index (κ2) is 7.23. The van der Waals surface area contributed by atoms with Gasteiger partial charge < -0.3 is 9.47 Å². The van der Waals surface area contributed by atoms with Crippen LogP contribution >= 0.6 is 11.3 Å². The van der Waals surface area contributed by atoms with Crippen molar-refractivity contribution >= 4 is 28.9 Å². The number of thiazole rings is 1. The molecule has 0 spiro atoms. The number of aromatic nitrogens is 1. The third kappa shape index (κ3) is 3.51. The van der Waals surface area contributed by atoms with Crippen LogP contribution in [-0.4, -0.2) is 36.1 Å². The minimum absolute atomic E-state index is 0.126. The minimum atomic E-state index is -0.589. The molecule has 1 atom stereocenters. The molecule has 2 heterocycles. The highest BCUT2D eigenvalue weighted by Gasteiger charge is 2.35. The van der Waals surface area contributed by atoms with E-state index in [4.69, 9.17) is 9.47 Å². The first-order valence-electron chi connectivity index (χ1n) is 8.23. The van der Waals surface area contributed by atoms with E-state index in [1.165, 1.54) is 4.90 Å². The van der Waals surface area contributed by atoms with Crippen molar-refractivity contribution in [3.05, 3.63) is 28.6 Å². The van der Waals surface area contributed by atoms with Crippen LogP contribution in [0.2, 0.25) is 0 Å². The number of carbonyl (C=O) groups is 2. The first kappa shape index (κ1) is 17.4. The van der Waals surface area contributed by atoms with Crippen molar-refractivity contribution in [3.8, 4) is 17.0 Å². The number of hydrogen-bond donors (Lipinski definition) is 0. The Labute approximate surface area is 150 Å². The Kier molecular flexibility index (Phi) is 5.03. The third-order valence-electron chi connectivity index (χ3n) is 3.94. The van der Waals surface area contributed by atoms with Crippen molar-refractivity contribution in [2.45, 2.75) is 33.3 Å². The third-order valence-corrected chi connectivity index (χ3v) is 4.71. The highest BCUT2D eigenvalue weighted by atomic mass is 32.1. The first-order valence-corrected chi connectivity index (χ1v) is 9.11. The van der Waals surface area contributed by atoms with E-state index in [1.54, 1.807) is 18.3 Å². The van der Waals surface area contributed by atoms with E-state index < -0.39 is 12.1 Å². The molecule has 1 aliphatic heterocycles. The maximum atomic E-state index is 12.7. The molecule has 1 aromatic carbocycles. The summed E-state index contributed by atoms with van der Waals surface area (Å²) in [7, 11) is 0. The normalized spacial score (nSPS) is 16.4. The molecule has 0 N–H and O–H groups in total. The van der Waals surface area contributed by atoms with E-state index in [-0.39, 0.29) is 19.1 Å². The van der Waals surface area contributed by atoms with Crippen LogP contribution in [0.3, 0.4) is 0 Å². The second-order valence-electron chi connectivity index (χ2n) is 5.68. The summed E-state index contributed by atoms with van der Waals surface area (Å²) in [6.07, 6.45) is -0.0562. The lowest BCUT2D eigenvalue weighted by molar-refractivity contribution is -0.143. The molecule has 1 amide bonds. The molecule has 25 heavy (non-hydrogen) atoms. The van der Waals surface area contributed by atoms with Gasteiger partial charge in [0.25, 0.3) is 5.91 Å². The van der Waals surface area contributed by atoms with Crippen molar-refractivity contribution in [2.75, 3.05) is 18.1 Å². The van der Waals surface area contributed by atoms with Gasteiger partial charge >= 0.3 is 5.97 Å². The van der Waals surface area contributed by atoms with Crippen LogP contribution in [0.4, 0.5) is 5.69 Å². The zero-order chi connectivity index (χ0) is 18.0. The highest BCUT2D eigenvalue weighted by Crippen LogP contribution is 2.38. The zero-order valence-electron chi connectivity index (χ0n) is 14.4. The summed E-state index contributed by atoms with van der Waals surface area (Å²) < 4.78 is 10.8. The predicted molar refractivity (Wildman–Crippen MR) is 96.0 cm³/mol. The maximum absolute atomic E-state index is 12.7.